The van der Waals surface area contributed by atoms with E-state index < -0.39 is 0 Å². The van der Waals surface area contributed by atoms with E-state index in [-0.39, 0.29) is 24.1 Å². The minimum Gasteiger partial charge on any atom is -0.487 e. The van der Waals surface area contributed by atoms with Crippen molar-refractivity contribution in [2.45, 2.75) is 32.9 Å². The molecular weight excluding hydrogens is 344 g/mol. The van der Waals surface area contributed by atoms with Crippen LogP contribution in [-0.2, 0) is 11.3 Å². The van der Waals surface area contributed by atoms with Crippen molar-refractivity contribution >= 4 is 17.5 Å². The number of aromatic nitrogens is 3. The Morgan fingerprint density at radius 2 is 2.24 bits per heavy atom. The third kappa shape index (κ3) is 3.82. The van der Waals surface area contributed by atoms with Gasteiger partial charge in [-0.3, -0.25) is 19.1 Å². The number of hydrogen-bond donors (Lipinski definition) is 0. The SMILES string of the molecule is Cc1ncn(CC(=O)N2CC[C@@H](Oc3ccncc3Cl)C2)c(=O)c1C. The Hall–Kier alpha value is -2.41. The van der Waals surface area contributed by atoms with Crippen molar-refractivity contribution in [3.63, 3.8) is 0 Å². The normalized spacial score (nSPS) is 16.9. The standard InChI is InChI=1S/C17H19ClN4O3/c1-11-12(2)20-10-22(17(11)24)9-16(23)21-6-4-13(8-21)25-15-3-5-19-7-14(15)18/h3,5,7,10,13H,4,6,8-9H2,1-2H3/t13-/m1/s1. The molecule has 1 atom stereocenters. The Morgan fingerprint density at radius 3 is 3.00 bits per heavy atom. The Balaban J connectivity index is 1.62. The molecule has 0 aliphatic carbocycles. The Labute approximate surface area is 150 Å². The first kappa shape index (κ1) is 17.4. The molecule has 1 saturated heterocycles. The van der Waals surface area contributed by atoms with Gasteiger partial charge < -0.3 is 9.64 Å². The number of likely N-dealkylation sites (tertiary alicyclic amines) is 1. The number of hydrogen-bond acceptors (Lipinski definition) is 5. The molecule has 0 bridgehead atoms. The lowest BCUT2D eigenvalue weighted by Gasteiger charge is -2.18. The molecule has 3 rings (SSSR count). The summed E-state index contributed by atoms with van der Waals surface area (Å²) in [5, 5.41) is 0.444. The third-order valence-electron chi connectivity index (χ3n) is 4.35. The van der Waals surface area contributed by atoms with Crippen molar-refractivity contribution in [3.8, 4) is 5.75 Å². The van der Waals surface area contributed by atoms with Crippen molar-refractivity contribution in [2.75, 3.05) is 13.1 Å². The summed E-state index contributed by atoms with van der Waals surface area (Å²) in [5.41, 5.74) is 1.05. The predicted octanol–water partition coefficient (Wildman–Crippen LogP) is 1.59. The fourth-order valence-corrected chi connectivity index (χ4v) is 2.89. The van der Waals surface area contributed by atoms with Crippen LogP contribution in [0.5, 0.6) is 5.75 Å². The first-order valence-corrected chi connectivity index (χ1v) is 8.40. The fourth-order valence-electron chi connectivity index (χ4n) is 2.72. The quantitative estimate of drug-likeness (QED) is 0.825. The van der Waals surface area contributed by atoms with Gasteiger partial charge in [-0.1, -0.05) is 11.6 Å². The highest BCUT2D eigenvalue weighted by molar-refractivity contribution is 6.31. The minimum absolute atomic E-state index is 0.0182. The molecule has 0 saturated carbocycles. The maximum atomic E-state index is 12.5. The summed E-state index contributed by atoms with van der Waals surface area (Å²) in [4.78, 5) is 34.4. The number of pyridine rings is 1. The van der Waals surface area contributed by atoms with Crippen molar-refractivity contribution in [1.29, 1.82) is 0 Å². The van der Waals surface area contributed by atoms with Gasteiger partial charge in [-0.05, 0) is 13.8 Å². The molecule has 8 heteroatoms. The van der Waals surface area contributed by atoms with Crippen LogP contribution >= 0.6 is 11.6 Å². The lowest BCUT2D eigenvalue weighted by atomic mass is 10.3. The maximum Gasteiger partial charge on any atom is 0.256 e. The number of amides is 1. The van der Waals surface area contributed by atoms with Crippen LogP contribution in [0.1, 0.15) is 17.7 Å². The molecule has 2 aromatic rings. The van der Waals surface area contributed by atoms with Gasteiger partial charge in [0.2, 0.25) is 5.91 Å². The van der Waals surface area contributed by atoms with Gasteiger partial charge in [0, 0.05) is 42.7 Å². The van der Waals surface area contributed by atoms with Gasteiger partial charge in [0.1, 0.15) is 23.4 Å². The first-order valence-electron chi connectivity index (χ1n) is 8.02. The highest BCUT2D eigenvalue weighted by Gasteiger charge is 2.28. The molecule has 25 heavy (non-hydrogen) atoms. The summed E-state index contributed by atoms with van der Waals surface area (Å²) in [7, 11) is 0. The van der Waals surface area contributed by atoms with Gasteiger partial charge in [0.25, 0.3) is 5.56 Å². The van der Waals surface area contributed by atoms with E-state index in [1.165, 1.54) is 17.1 Å². The summed E-state index contributed by atoms with van der Waals surface area (Å²) in [5.74, 6) is 0.435. The molecule has 1 amide bonds. The molecule has 1 aliphatic rings. The summed E-state index contributed by atoms with van der Waals surface area (Å²) in [6, 6.07) is 1.70. The van der Waals surface area contributed by atoms with Crippen LogP contribution in [0.2, 0.25) is 5.02 Å². The summed E-state index contributed by atoms with van der Waals surface area (Å²) in [6.07, 6.45) is 5.14. The first-order chi connectivity index (χ1) is 12.0. The lowest BCUT2D eigenvalue weighted by molar-refractivity contribution is -0.131. The van der Waals surface area contributed by atoms with Gasteiger partial charge in [0.05, 0.1) is 12.9 Å². The Morgan fingerprint density at radius 1 is 1.44 bits per heavy atom. The average Bonchev–Trinajstić information content (AvgIpc) is 3.06. The van der Waals surface area contributed by atoms with Crippen molar-refractivity contribution in [1.82, 2.24) is 19.4 Å². The third-order valence-corrected chi connectivity index (χ3v) is 4.63. The van der Waals surface area contributed by atoms with Gasteiger partial charge >= 0.3 is 0 Å². The predicted molar refractivity (Wildman–Crippen MR) is 92.8 cm³/mol. The van der Waals surface area contributed by atoms with Crippen LogP contribution in [0.3, 0.4) is 0 Å². The van der Waals surface area contributed by atoms with Gasteiger partial charge in [-0.15, -0.1) is 0 Å². The molecule has 0 unspecified atom stereocenters. The second kappa shape index (κ2) is 7.23. The maximum absolute atomic E-state index is 12.5. The van der Waals surface area contributed by atoms with E-state index in [1.54, 1.807) is 31.0 Å². The van der Waals surface area contributed by atoms with Gasteiger partial charge in [0.15, 0.2) is 0 Å². The van der Waals surface area contributed by atoms with E-state index in [9.17, 15) is 9.59 Å². The van der Waals surface area contributed by atoms with Gasteiger partial charge in [-0.25, -0.2) is 4.98 Å². The molecule has 0 spiro atoms. The van der Waals surface area contributed by atoms with E-state index in [1.807, 2.05) is 0 Å². The highest BCUT2D eigenvalue weighted by Crippen LogP contribution is 2.25. The minimum atomic E-state index is -0.184. The van der Waals surface area contributed by atoms with Crippen molar-refractivity contribution in [3.05, 3.63) is 51.4 Å². The van der Waals surface area contributed by atoms with E-state index in [2.05, 4.69) is 9.97 Å². The van der Waals surface area contributed by atoms with Crippen molar-refractivity contribution < 1.29 is 9.53 Å². The molecule has 2 aromatic heterocycles. The number of aryl methyl sites for hydroxylation is 1. The molecular formula is C17H19ClN4O3. The molecule has 3 heterocycles. The number of ether oxygens (including phenoxy) is 1. The number of halogens is 1. The zero-order chi connectivity index (χ0) is 18.0. The molecule has 0 N–H and O–H groups in total. The smallest absolute Gasteiger partial charge is 0.256 e. The number of nitrogens with zero attached hydrogens (tertiary/aromatic N) is 4. The van der Waals surface area contributed by atoms with Crippen molar-refractivity contribution in [2.24, 2.45) is 0 Å². The monoisotopic (exact) mass is 362 g/mol. The second-order valence-corrected chi connectivity index (χ2v) is 6.47. The zero-order valence-corrected chi connectivity index (χ0v) is 14.9. The van der Waals surface area contributed by atoms with E-state index >= 15 is 0 Å². The van der Waals surface area contributed by atoms with Crippen LogP contribution in [0.25, 0.3) is 0 Å². The largest absolute Gasteiger partial charge is 0.487 e. The lowest BCUT2D eigenvalue weighted by Crippen LogP contribution is -2.36. The highest BCUT2D eigenvalue weighted by atomic mass is 35.5. The van der Waals surface area contributed by atoms with Crippen LogP contribution in [0.4, 0.5) is 0 Å². The average molecular weight is 363 g/mol. The van der Waals surface area contributed by atoms with Crippen LogP contribution in [-0.4, -0.2) is 44.5 Å². The Bertz CT molecular complexity index is 852. The second-order valence-electron chi connectivity index (χ2n) is 6.06. The Kier molecular flexibility index (Phi) is 5.03. The molecule has 0 aromatic carbocycles. The van der Waals surface area contributed by atoms with E-state index in [0.29, 0.717) is 41.5 Å². The topological polar surface area (TPSA) is 77.3 Å². The summed E-state index contributed by atoms with van der Waals surface area (Å²) < 4.78 is 7.19. The number of carbonyl (C=O) groups is 1. The summed E-state index contributed by atoms with van der Waals surface area (Å²) in [6.45, 7) is 4.51. The van der Waals surface area contributed by atoms with Crippen LogP contribution < -0.4 is 10.3 Å². The summed E-state index contributed by atoms with van der Waals surface area (Å²) >= 11 is 6.04. The molecule has 1 fully saturated rings. The fraction of sp³-hybridized carbons (Fsp3) is 0.412. The van der Waals surface area contributed by atoms with E-state index in [4.69, 9.17) is 16.3 Å². The molecule has 132 valence electrons. The number of carbonyl (C=O) groups excluding carboxylic acids is 1. The molecule has 0 radical (unpaired) electrons. The molecule has 1 aliphatic heterocycles. The number of rotatable bonds is 4. The van der Waals surface area contributed by atoms with Crippen LogP contribution in [0, 0.1) is 13.8 Å². The molecule has 7 nitrogen and oxygen atoms in total. The zero-order valence-electron chi connectivity index (χ0n) is 14.1. The van der Waals surface area contributed by atoms with Crippen LogP contribution in [0.15, 0.2) is 29.6 Å². The van der Waals surface area contributed by atoms with Gasteiger partial charge in [-0.2, -0.15) is 0 Å². The van der Waals surface area contributed by atoms with E-state index in [0.717, 1.165) is 0 Å².